The zero-order chi connectivity index (χ0) is 17.8. The summed E-state index contributed by atoms with van der Waals surface area (Å²) in [5.41, 5.74) is 2.02. The number of nitrogens with one attached hydrogen (secondary N) is 2. The van der Waals surface area contributed by atoms with Gasteiger partial charge in [0.2, 0.25) is 0 Å². The fourth-order valence-electron chi connectivity index (χ4n) is 3.08. The van der Waals surface area contributed by atoms with Crippen LogP contribution in [0.4, 0.5) is 5.69 Å². The van der Waals surface area contributed by atoms with E-state index in [2.05, 4.69) is 10.6 Å². The number of carbonyl (C=O) groups excluding carboxylic acids is 2. The molecule has 0 heterocycles. The summed E-state index contributed by atoms with van der Waals surface area (Å²) < 4.78 is 0. The Hall–Kier alpha value is -2.82. The van der Waals surface area contributed by atoms with E-state index < -0.39 is 0 Å². The molecule has 5 nitrogen and oxygen atoms in total. The molecule has 1 aliphatic rings. The molecule has 0 aromatic heterocycles. The smallest absolute Gasteiger partial charge is 0.259 e. The third-order valence-corrected chi connectivity index (χ3v) is 4.58. The molecule has 0 atom stereocenters. The van der Waals surface area contributed by atoms with Crippen molar-refractivity contribution in [3.05, 3.63) is 59.2 Å². The van der Waals surface area contributed by atoms with Gasteiger partial charge >= 0.3 is 0 Å². The van der Waals surface area contributed by atoms with Crippen molar-refractivity contribution < 1.29 is 14.7 Å². The lowest BCUT2D eigenvalue weighted by Crippen LogP contribution is -2.32. The van der Waals surface area contributed by atoms with Crippen LogP contribution in [0.25, 0.3) is 0 Å². The zero-order valence-electron chi connectivity index (χ0n) is 14.2. The number of hydrogen-bond donors (Lipinski definition) is 3. The largest absolute Gasteiger partial charge is 0.507 e. The molecule has 3 N–H and O–H groups in total. The third kappa shape index (κ3) is 3.99. The third-order valence-electron chi connectivity index (χ3n) is 4.58. The average Bonchev–Trinajstić information content (AvgIpc) is 3.11. The molecule has 0 unspecified atom stereocenters. The van der Waals surface area contributed by atoms with Gasteiger partial charge in [-0.3, -0.25) is 9.59 Å². The van der Waals surface area contributed by atoms with Crippen LogP contribution in [0.1, 0.15) is 52.0 Å². The summed E-state index contributed by atoms with van der Waals surface area (Å²) in [5, 5.41) is 15.8. The van der Waals surface area contributed by atoms with Crippen molar-refractivity contribution in [3.8, 4) is 5.75 Å². The number of phenols is 1. The fourth-order valence-corrected chi connectivity index (χ4v) is 3.08. The number of hydrogen-bond acceptors (Lipinski definition) is 3. The molecule has 1 fully saturated rings. The van der Waals surface area contributed by atoms with Gasteiger partial charge in [0.05, 0.1) is 5.56 Å². The SMILES string of the molecule is Cc1cccc(C(=O)Nc2ccc(C(=O)NC3CCCC3)cc2)c1O. The summed E-state index contributed by atoms with van der Waals surface area (Å²) >= 11 is 0. The van der Waals surface area contributed by atoms with Crippen LogP contribution in [0.2, 0.25) is 0 Å². The lowest BCUT2D eigenvalue weighted by atomic mass is 10.1. The van der Waals surface area contributed by atoms with Crippen LogP contribution in [-0.4, -0.2) is 23.0 Å². The number of carbonyl (C=O) groups is 2. The molecular formula is C20H22N2O3. The number of phenolic OH excluding ortho intramolecular Hbond substituents is 1. The maximum absolute atomic E-state index is 12.3. The first-order chi connectivity index (χ1) is 12.0. The normalized spacial score (nSPS) is 14.3. The predicted octanol–water partition coefficient (Wildman–Crippen LogP) is 3.63. The van der Waals surface area contributed by atoms with Crippen LogP contribution in [-0.2, 0) is 0 Å². The Bertz CT molecular complexity index is 778. The Labute approximate surface area is 147 Å². The van der Waals surface area contributed by atoms with E-state index in [1.165, 1.54) is 12.8 Å². The first kappa shape index (κ1) is 17.0. The number of aromatic hydroxyl groups is 1. The molecular weight excluding hydrogens is 316 g/mol. The molecule has 0 radical (unpaired) electrons. The van der Waals surface area contributed by atoms with Crippen molar-refractivity contribution in [1.82, 2.24) is 5.32 Å². The summed E-state index contributed by atoms with van der Waals surface area (Å²) in [7, 11) is 0. The minimum absolute atomic E-state index is 0.0208. The number of amides is 2. The second-order valence-electron chi connectivity index (χ2n) is 6.46. The van der Waals surface area contributed by atoms with E-state index in [1.54, 1.807) is 49.4 Å². The Balaban J connectivity index is 1.65. The Morgan fingerprint density at radius 2 is 1.68 bits per heavy atom. The van der Waals surface area contributed by atoms with Crippen molar-refractivity contribution in [1.29, 1.82) is 0 Å². The van der Waals surface area contributed by atoms with Crippen LogP contribution in [0.3, 0.4) is 0 Å². The molecule has 1 aliphatic carbocycles. The average molecular weight is 338 g/mol. The van der Waals surface area contributed by atoms with Crippen LogP contribution in [0.5, 0.6) is 5.75 Å². The van der Waals surface area contributed by atoms with E-state index in [0.717, 1.165) is 12.8 Å². The maximum Gasteiger partial charge on any atom is 0.259 e. The van der Waals surface area contributed by atoms with Gasteiger partial charge in [-0.2, -0.15) is 0 Å². The van der Waals surface area contributed by atoms with Gasteiger partial charge in [0.25, 0.3) is 11.8 Å². The van der Waals surface area contributed by atoms with Crippen LogP contribution >= 0.6 is 0 Å². The number of benzene rings is 2. The Morgan fingerprint density at radius 3 is 2.36 bits per heavy atom. The Kier molecular flexibility index (Phi) is 5.03. The van der Waals surface area contributed by atoms with E-state index >= 15 is 0 Å². The molecule has 2 amide bonds. The first-order valence-electron chi connectivity index (χ1n) is 8.55. The van der Waals surface area contributed by atoms with Gasteiger partial charge < -0.3 is 15.7 Å². The minimum atomic E-state index is -0.385. The first-order valence-corrected chi connectivity index (χ1v) is 8.55. The molecule has 2 aromatic rings. The van der Waals surface area contributed by atoms with E-state index in [1.807, 2.05) is 0 Å². The number of rotatable bonds is 4. The summed E-state index contributed by atoms with van der Waals surface area (Å²) in [6, 6.07) is 12.1. The van der Waals surface area contributed by atoms with E-state index in [4.69, 9.17) is 0 Å². The predicted molar refractivity (Wildman–Crippen MR) is 97.0 cm³/mol. The highest BCUT2D eigenvalue weighted by atomic mass is 16.3. The van der Waals surface area contributed by atoms with Crippen molar-refractivity contribution >= 4 is 17.5 Å². The van der Waals surface area contributed by atoms with E-state index in [-0.39, 0.29) is 29.2 Å². The van der Waals surface area contributed by atoms with Gasteiger partial charge in [0.1, 0.15) is 5.75 Å². The molecule has 0 bridgehead atoms. The number of para-hydroxylation sites is 1. The standard InChI is InChI=1S/C20H22N2O3/c1-13-5-4-8-17(18(13)23)20(25)22-16-11-9-14(10-12-16)19(24)21-15-6-2-3-7-15/h4-5,8-12,15,23H,2-3,6-7H2,1H3,(H,21,24)(H,22,25). The summed E-state index contributed by atoms with van der Waals surface area (Å²) in [5.74, 6) is -0.488. The maximum atomic E-state index is 12.3. The minimum Gasteiger partial charge on any atom is -0.507 e. The van der Waals surface area contributed by atoms with Crippen molar-refractivity contribution in [3.63, 3.8) is 0 Å². The van der Waals surface area contributed by atoms with Crippen molar-refractivity contribution in [2.45, 2.75) is 38.6 Å². The van der Waals surface area contributed by atoms with E-state index in [0.29, 0.717) is 16.8 Å². The highest BCUT2D eigenvalue weighted by molar-refractivity contribution is 6.06. The van der Waals surface area contributed by atoms with Crippen LogP contribution < -0.4 is 10.6 Å². The summed E-state index contributed by atoms with van der Waals surface area (Å²) in [4.78, 5) is 24.5. The number of anilines is 1. The molecule has 130 valence electrons. The lowest BCUT2D eigenvalue weighted by molar-refractivity contribution is 0.0937. The van der Waals surface area contributed by atoms with Gasteiger partial charge in [0.15, 0.2) is 0 Å². The monoisotopic (exact) mass is 338 g/mol. The van der Waals surface area contributed by atoms with Crippen molar-refractivity contribution in [2.75, 3.05) is 5.32 Å². The summed E-state index contributed by atoms with van der Waals surface area (Å²) in [6.07, 6.45) is 4.42. The fraction of sp³-hybridized carbons (Fsp3) is 0.300. The molecule has 3 rings (SSSR count). The molecule has 5 heteroatoms. The quantitative estimate of drug-likeness (QED) is 0.796. The van der Waals surface area contributed by atoms with Gasteiger partial charge in [-0.15, -0.1) is 0 Å². The summed E-state index contributed by atoms with van der Waals surface area (Å²) in [6.45, 7) is 1.74. The molecule has 0 saturated heterocycles. The zero-order valence-corrected chi connectivity index (χ0v) is 14.2. The second-order valence-corrected chi connectivity index (χ2v) is 6.46. The van der Waals surface area contributed by atoms with Gasteiger partial charge in [-0.05, 0) is 55.7 Å². The molecule has 0 spiro atoms. The van der Waals surface area contributed by atoms with E-state index in [9.17, 15) is 14.7 Å². The van der Waals surface area contributed by atoms with Gasteiger partial charge in [0, 0.05) is 17.3 Å². The second kappa shape index (κ2) is 7.38. The number of aryl methyl sites for hydroxylation is 1. The van der Waals surface area contributed by atoms with Crippen LogP contribution in [0, 0.1) is 6.92 Å². The van der Waals surface area contributed by atoms with Gasteiger partial charge in [-0.25, -0.2) is 0 Å². The Morgan fingerprint density at radius 1 is 1.00 bits per heavy atom. The van der Waals surface area contributed by atoms with Crippen LogP contribution in [0.15, 0.2) is 42.5 Å². The highest BCUT2D eigenvalue weighted by Gasteiger charge is 2.18. The molecule has 2 aromatic carbocycles. The topological polar surface area (TPSA) is 78.4 Å². The van der Waals surface area contributed by atoms with Crippen molar-refractivity contribution in [2.24, 2.45) is 0 Å². The molecule has 25 heavy (non-hydrogen) atoms. The lowest BCUT2D eigenvalue weighted by Gasteiger charge is -2.12. The van der Waals surface area contributed by atoms with Gasteiger partial charge in [-0.1, -0.05) is 25.0 Å². The molecule has 0 aliphatic heterocycles. The highest BCUT2D eigenvalue weighted by Crippen LogP contribution is 2.23. The molecule has 1 saturated carbocycles.